The van der Waals surface area contributed by atoms with E-state index >= 15 is 0 Å². The minimum Gasteiger partial charge on any atom is -0.384 e. The molecule has 2 aliphatic rings. The lowest BCUT2D eigenvalue weighted by molar-refractivity contribution is 0.0298. The van der Waals surface area contributed by atoms with Gasteiger partial charge in [0, 0.05) is 25.6 Å². The minimum absolute atomic E-state index is 0.474. The second-order valence-electron chi connectivity index (χ2n) is 5.62. The number of fused-ring (bicyclic) bond motifs is 1. The van der Waals surface area contributed by atoms with Crippen molar-refractivity contribution in [2.24, 2.45) is 17.1 Å². The zero-order valence-electron chi connectivity index (χ0n) is 10.6. The molecule has 0 spiro atoms. The number of ether oxygens (including phenoxy) is 1. The largest absolute Gasteiger partial charge is 0.384 e. The van der Waals surface area contributed by atoms with E-state index in [2.05, 4.69) is 4.90 Å². The number of nitrogens with zero attached hydrogens (tertiary/aromatic N) is 1. The maximum Gasteiger partial charge on any atom is 0.0534 e. The third-order valence-electron chi connectivity index (χ3n) is 4.47. The molecule has 0 bridgehead atoms. The van der Waals surface area contributed by atoms with E-state index in [1.807, 2.05) is 7.11 Å². The van der Waals surface area contributed by atoms with Gasteiger partial charge in [0.2, 0.25) is 0 Å². The molecule has 0 unspecified atom stereocenters. The second kappa shape index (κ2) is 5.48. The van der Waals surface area contributed by atoms with Gasteiger partial charge in [0.25, 0.3) is 0 Å². The van der Waals surface area contributed by atoms with Crippen LogP contribution in [0.25, 0.3) is 0 Å². The Hall–Kier alpha value is -0.120. The van der Waals surface area contributed by atoms with Crippen molar-refractivity contribution >= 4 is 0 Å². The molecule has 0 aromatic rings. The van der Waals surface area contributed by atoms with Crippen molar-refractivity contribution in [3.63, 3.8) is 0 Å². The average Bonchev–Trinajstić information content (AvgIpc) is 2.65. The molecule has 1 saturated carbocycles. The average molecular weight is 226 g/mol. The maximum atomic E-state index is 5.59. The first-order valence-electron chi connectivity index (χ1n) is 6.72. The molecule has 2 rings (SSSR count). The number of hydrogen-bond donors (Lipinski definition) is 1. The van der Waals surface area contributed by atoms with E-state index in [0.717, 1.165) is 25.5 Å². The Morgan fingerprint density at radius 1 is 1.44 bits per heavy atom. The first kappa shape index (κ1) is 12.3. The number of likely N-dealkylation sites (tertiary alicyclic amines) is 1. The van der Waals surface area contributed by atoms with Crippen molar-refractivity contribution < 1.29 is 4.74 Å². The van der Waals surface area contributed by atoms with Crippen LogP contribution in [-0.4, -0.2) is 44.8 Å². The van der Waals surface area contributed by atoms with Gasteiger partial charge in [-0.1, -0.05) is 12.8 Å². The van der Waals surface area contributed by atoms with Gasteiger partial charge in [0.15, 0.2) is 0 Å². The minimum atomic E-state index is 0.474. The van der Waals surface area contributed by atoms with Gasteiger partial charge < -0.3 is 15.4 Å². The second-order valence-corrected chi connectivity index (χ2v) is 5.62. The first-order chi connectivity index (χ1) is 7.80. The molecule has 94 valence electrons. The summed E-state index contributed by atoms with van der Waals surface area (Å²) in [5.41, 5.74) is 6.07. The summed E-state index contributed by atoms with van der Waals surface area (Å²) in [5, 5.41) is 0. The number of nitrogens with two attached hydrogens (primary N) is 1. The zero-order valence-corrected chi connectivity index (χ0v) is 10.6. The molecular weight excluding hydrogens is 200 g/mol. The normalized spacial score (nSPS) is 35.2. The van der Waals surface area contributed by atoms with Crippen molar-refractivity contribution in [3.05, 3.63) is 0 Å². The zero-order chi connectivity index (χ0) is 11.4. The molecule has 2 fully saturated rings. The summed E-state index contributed by atoms with van der Waals surface area (Å²) < 4.78 is 5.49. The van der Waals surface area contributed by atoms with Crippen LogP contribution in [0.1, 0.15) is 32.1 Å². The molecule has 1 aliphatic heterocycles. The Bertz CT molecular complexity index is 218. The highest BCUT2D eigenvalue weighted by Gasteiger charge is 2.47. The van der Waals surface area contributed by atoms with Crippen LogP contribution in [0.5, 0.6) is 0 Å². The van der Waals surface area contributed by atoms with E-state index in [4.69, 9.17) is 10.5 Å². The van der Waals surface area contributed by atoms with Crippen LogP contribution in [0.3, 0.4) is 0 Å². The fourth-order valence-corrected chi connectivity index (χ4v) is 3.70. The van der Waals surface area contributed by atoms with Crippen molar-refractivity contribution in [2.45, 2.75) is 32.1 Å². The third kappa shape index (κ3) is 2.41. The van der Waals surface area contributed by atoms with E-state index in [-0.39, 0.29) is 0 Å². The summed E-state index contributed by atoms with van der Waals surface area (Å²) in [6.45, 7) is 5.47. The molecule has 0 aromatic carbocycles. The molecule has 1 saturated heterocycles. The molecule has 0 radical (unpaired) electrons. The Kier molecular flexibility index (Phi) is 4.22. The fraction of sp³-hybridized carbons (Fsp3) is 1.00. The molecule has 3 heteroatoms. The lowest BCUT2D eigenvalue weighted by Crippen LogP contribution is -2.37. The SMILES string of the molecule is COC[C@@]12CCCC[C@@H]1CN(CCCN)C2. The molecule has 0 amide bonds. The number of methoxy groups -OCH3 is 1. The van der Waals surface area contributed by atoms with E-state index in [1.54, 1.807) is 0 Å². The third-order valence-corrected chi connectivity index (χ3v) is 4.47. The first-order valence-corrected chi connectivity index (χ1v) is 6.72. The summed E-state index contributed by atoms with van der Waals surface area (Å²) in [6, 6.07) is 0. The maximum absolute atomic E-state index is 5.59. The van der Waals surface area contributed by atoms with Gasteiger partial charge in [-0.15, -0.1) is 0 Å². The summed E-state index contributed by atoms with van der Waals surface area (Å²) >= 11 is 0. The lowest BCUT2D eigenvalue weighted by atomic mass is 9.69. The van der Waals surface area contributed by atoms with Crippen LogP contribution in [0.2, 0.25) is 0 Å². The highest BCUT2D eigenvalue weighted by atomic mass is 16.5. The molecule has 2 atom stereocenters. The van der Waals surface area contributed by atoms with Crippen LogP contribution in [-0.2, 0) is 4.74 Å². The fourth-order valence-electron chi connectivity index (χ4n) is 3.70. The standard InChI is InChI=1S/C13H26N2O/c1-16-11-13-6-3-2-5-12(13)9-15(10-13)8-4-7-14/h12H,2-11,14H2,1H3/t12-,13+/m1/s1. The Labute approximate surface area is 99.3 Å². The predicted molar refractivity (Wildman–Crippen MR) is 66.4 cm³/mol. The Balaban J connectivity index is 1.96. The Morgan fingerprint density at radius 3 is 3.06 bits per heavy atom. The van der Waals surface area contributed by atoms with Crippen LogP contribution in [0.4, 0.5) is 0 Å². The van der Waals surface area contributed by atoms with Crippen molar-refractivity contribution in [1.29, 1.82) is 0 Å². The van der Waals surface area contributed by atoms with Gasteiger partial charge in [-0.2, -0.15) is 0 Å². The summed E-state index contributed by atoms with van der Waals surface area (Å²) in [5.74, 6) is 0.874. The van der Waals surface area contributed by atoms with Gasteiger partial charge in [-0.05, 0) is 38.3 Å². The molecule has 16 heavy (non-hydrogen) atoms. The summed E-state index contributed by atoms with van der Waals surface area (Å²) in [6.07, 6.45) is 6.72. The predicted octanol–water partition coefficient (Wildman–Crippen LogP) is 1.47. The number of rotatable bonds is 5. The number of hydrogen-bond acceptors (Lipinski definition) is 3. The molecule has 3 nitrogen and oxygen atoms in total. The molecular formula is C13H26N2O. The van der Waals surface area contributed by atoms with E-state index < -0.39 is 0 Å². The smallest absolute Gasteiger partial charge is 0.0534 e. The topological polar surface area (TPSA) is 38.5 Å². The molecule has 2 N–H and O–H groups in total. The quantitative estimate of drug-likeness (QED) is 0.771. The van der Waals surface area contributed by atoms with E-state index in [0.29, 0.717) is 5.41 Å². The van der Waals surface area contributed by atoms with Crippen molar-refractivity contribution in [2.75, 3.05) is 39.9 Å². The van der Waals surface area contributed by atoms with Crippen LogP contribution in [0, 0.1) is 11.3 Å². The van der Waals surface area contributed by atoms with Gasteiger partial charge in [-0.3, -0.25) is 0 Å². The summed E-state index contributed by atoms with van der Waals surface area (Å²) in [4.78, 5) is 2.61. The van der Waals surface area contributed by atoms with E-state index in [9.17, 15) is 0 Å². The lowest BCUT2D eigenvalue weighted by Gasteiger charge is -2.38. The molecule has 0 aromatic heterocycles. The molecule has 1 heterocycles. The van der Waals surface area contributed by atoms with Crippen LogP contribution < -0.4 is 5.73 Å². The van der Waals surface area contributed by atoms with Crippen molar-refractivity contribution in [3.8, 4) is 0 Å². The van der Waals surface area contributed by atoms with Gasteiger partial charge in [0.05, 0.1) is 6.61 Å². The van der Waals surface area contributed by atoms with E-state index in [1.165, 1.54) is 45.3 Å². The van der Waals surface area contributed by atoms with Gasteiger partial charge in [-0.25, -0.2) is 0 Å². The summed E-state index contributed by atoms with van der Waals surface area (Å²) in [7, 11) is 1.85. The highest BCUT2D eigenvalue weighted by Crippen LogP contribution is 2.46. The van der Waals surface area contributed by atoms with Crippen LogP contribution in [0.15, 0.2) is 0 Å². The Morgan fingerprint density at radius 2 is 2.31 bits per heavy atom. The van der Waals surface area contributed by atoms with Crippen molar-refractivity contribution in [1.82, 2.24) is 4.90 Å². The van der Waals surface area contributed by atoms with Crippen LogP contribution >= 0.6 is 0 Å². The monoisotopic (exact) mass is 226 g/mol. The molecule has 1 aliphatic carbocycles. The van der Waals surface area contributed by atoms with Gasteiger partial charge >= 0.3 is 0 Å². The highest BCUT2D eigenvalue weighted by molar-refractivity contribution is 4.98. The van der Waals surface area contributed by atoms with Gasteiger partial charge in [0.1, 0.15) is 0 Å².